The molecule has 3 rings (SSSR count). The molecule has 0 atom stereocenters. The number of methoxy groups -OCH3 is 2. The maximum Gasteiger partial charge on any atom is 0.282 e. The lowest BCUT2D eigenvalue weighted by molar-refractivity contribution is -1.02. The van der Waals surface area contributed by atoms with Crippen LogP contribution in [0.25, 0.3) is 0 Å². The van der Waals surface area contributed by atoms with Gasteiger partial charge in [-0.2, -0.15) is 0 Å². The number of para-hydroxylation sites is 1. The van der Waals surface area contributed by atoms with Gasteiger partial charge in [-0.05, 0) is 44.2 Å². The van der Waals surface area contributed by atoms with Crippen LogP contribution in [0.5, 0.6) is 11.5 Å². The van der Waals surface area contributed by atoms with Crippen molar-refractivity contribution in [1.29, 1.82) is 0 Å². The molecule has 1 amide bonds. The molecule has 0 bridgehead atoms. The highest BCUT2D eigenvalue weighted by Crippen LogP contribution is 2.27. The van der Waals surface area contributed by atoms with Crippen molar-refractivity contribution in [3.05, 3.63) is 54.1 Å². The number of hydrogen-bond donors (Lipinski definition) is 2. The van der Waals surface area contributed by atoms with Crippen LogP contribution in [0.2, 0.25) is 0 Å². The number of carbonyl (C=O) groups excluding carboxylic acids is 1. The van der Waals surface area contributed by atoms with Gasteiger partial charge in [0.1, 0.15) is 32.7 Å². The summed E-state index contributed by atoms with van der Waals surface area (Å²) in [6.45, 7) is 9.80. The molecule has 30 heavy (non-hydrogen) atoms. The molecule has 0 spiro atoms. The van der Waals surface area contributed by atoms with E-state index in [1.165, 1.54) is 10.5 Å². The van der Waals surface area contributed by atoms with Gasteiger partial charge in [0.15, 0.2) is 18.0 Å². The summed E-state index contributed by atoms with van der Waals surface area (Å²) in [5.41, 5.74) is 2.23. The van der Waals surface area contributed by atoms with Crippen LogP contribution in [0, 0.1) is 0 Å². The molecule has 6 nitrogen and oxygen atoms in total. The fourth-order valence-electron chi connectivity index (χ4n) is 4.21. The predicted octanol–water partition coefficient (Wildman–Crippen LogP) is 0.429. The number of ether oxygens (including phenoxy) is 2. The molecule has 0 aliphatic carbocycles. The second kappa shape index (κ2) is 10.5. The molecule has 162 valence electrons. The molecule has 0 radical (unpaired) electrons. The van der Waals surface area contributed by atoms with Crippen molar-refractivity contribution in [3.63, 3.8) is 0 Å². The number of hydrogen-bond acceptors (Lipinski definition) is 3. The Morgan fingerprint density at radius 1 is 0.933 bits per heavy atom. The molecule has 1 aliphatic heterocycles. The molecule has 1 saturated heterocycles. The number of rotatable bonds is 8. The number of nitrogens with one attached hydrogen (secondary N) is 2. The van der Waals surface area contributed by atoms with Crippen LogP contribution in [0.3, 0.4) is 0 Å². The van der Waals surface area contributed by atoms with Crippen LogP contribution in [-0.2, 0) is 11.3 Å². The van der Waals surface area contributed by atoms with Gasteiger partial charge in [-0.15, -0.1) is 0 Å². The first-order valence-electron chi connectivity index (χ1n) is 10.8. The number of nitrogens with zero attached hydrogens (tertiary/aromatic N) is 1. The average Bonchev–Trinajstić information content (AvgIpc) is 2.75. The predicted molar refractivity (Wildman–Crippen MR) is 119 cm³/mol. The van der Waals surface area contributed by atoms with Crippen molar-refractivity contribution in [2.45, 2.75) is 26.4 Å². The maximum atomic E-state index is 13.0. The van der Waals surface area contributed by atoms with Crippen LogP contribution >= 0.6 is 0 Å². The number of carbonyl (C=O) groups is 1. The normalized spacial score (nSPS) is 18.8. The molecule has 0 saturated carbocycles. The van der Waals surface area contributed by atoms with Crippen molar-refractivity contribution in [3.8, 4) is 11.5 Å². The molecule has 1 fully saturated rings. The number of anilines is 1. The second-order valence-corrected chi connectivity index (χ2v) is 8.24. The minimum Gasteiger partial charge on any atom is -0.493 e. The lowest BCUT2D eigenvalue weighted by Crippen LogP contribution is -3.28. The van der Waals surface area contributed by atoms with Crippen molar-refractivity contribution in [2.24, 2.45) is 0 Å². The van der Waals surface area contributed by atoms with E-state index in [1.807, 2.05) is 41.3 Å². The summed E-state index contributed by atoms with van der Waals surface area (Å²) >= 11 is 0. The van der Waals surface area contributed by atoms with E-state index in [1.54, 1.807) is 19.1 Å². The van der Waals surface area contributed by atoms with E-state index in [0.29, 0.717) is 6.54 Å². The van der Waals surface area contributed by atoms with Crippen molar-refractivity contribution in [1.82, 2.24) is 0 Å². The molecule has 2 aromatic carbocycles. The first-order valence-corrected chi connectivity index (χ1v) is 10.8. The summed E-state index contributed by atoms with van der Waals surface area (Å²) in [6, 6.07) is 16.3. The molecule has 0 unspecified atom stereocenters. The van der Waals surface area contributed by atoms with E-state index in [-0.39, 0.29) is 11.9 Å². The molecule has 1 aliphatic rings. The Hall–Kier alpha value is -2.57. The summed E-state index contributed by atoms with van der Waals surface area (Å²) in [5, 5.41) is 0. The zero-order valence-electron chi connectivity index (χ0n) is 18.6. The smallest absolute Gasteiger partial charge is 0.282 e. The molecular formula is C24H35N3O3+2. The van der Waals surface area contributed by atoms with Crippen molar-refractivity contribution < 1.29 is 24.1 Å². The summed E-state index contributed by atoms with van der Waals surface area (Å²) in [7, 11) is 3.33. The lowest BCUT2D eigenvalue weighted by atomic mass is 10.1. The summed E-state index contributed by atoms with van der Waals surface area (Å²) in [6.07, 6.45) is 0. The van der Waals surface area contributed by atoms with Gasteiger partial charge < -0.3 is 24.2 Å². The van der Waals surface area contributed by atoms with Crippen LogP contribution in [0.4, 0.5) is 5.69 Å². The highest BCUT2D eigenvalue weighted by Gasteiger charge is 2.28. The minimum absolute atomic E-state index is 0.149. The van der Waals surface area contributed by atoms with Crippen LogP contribution in [-0.4, -0.2) is 58.9 Å². The minimum atomic E-state index is 0.149. The average molecular weight is 414 g/mol. The van der Waals surface area contributed by atoms with E-state index >= 15 is 0 Å². The van der Waals surface area contributed by atoms with Gasteiger partial charge in [0.2, 0.25) is 0 Å². The van der Waals surface area contributed by atoms with Gasteiger partial charge >= 0.3 is 0 Å². The SMILES string of the molecule is COc1ccc(C[NH+]2CC[NH+](CC(=O)N(c3ccccc3)C(C)C)CC2)cc1OC. The van der Waals surface area contributed by atoms with E-state index in [0.717, 1.165) is 49.9 Å². The number of benzene rings is 2. The zero-order chi connectivity index (χ0) is 21.5. The Balaban J connectivity index is 1.53. The van der Waals surface area contributed by atoms with E-state index in [9.17, 15) is 4.79 Å². The second-order valence-electron chi connectivity index (χ2n) is 8.24. The van der Waals surface area contributed by atoms with Crippen molar-refractivity contribution >= 4 is 11.6 Å². The highest BCUT2D eigenvalue weighted by molar-refractivity contribution is 5.94. The topological polar surface area (TPSA) is 47.7 Å². The van der Waals surface area contributed by atoms with E-state index in [4.69, 9.17) is 9.47 Å². The Morgan fingerprint density at radius 2 is 1.57 bits per heavy atom. The van der Waals surface area contributed by atoms with Crippen molar-refractivity contribution in [2.75, 3.05) is 51.8 Å². The largest absolute Gasteiger partial charge is 0.493 e. The number of piperazine rings is 1. The van der Waals surface area contributed by atoms with E-state index in [2.05, 4.69) is 26.0 Å². The summed E-state index contributed by atoms with van der Waals surface area (Å²) < 4.78 is 10.8. The Bertz CT molecular complexity index is 818. The third-order valence-electron chi connectivity index (χ3n) is 5.79. The Kier molecular flexibility index (Phi) is 7.71. The zero-order valence-corrected chi connectivity index (χ0v) is 18.6. The van der Waals surface area contributed by atoms with Crippen LogP contribution in [0.1, 0.15) is 19.4 Å². The quantitative estimate of drug-likeness (QED) is 0.660. The van der Waals surface area contributed by atoms with Gasteiger partial charge in [-0.1, -0.05) is 18.2 Å². The van der Waals surface area contributed by atoms with Gasteiger partial charge in [-0.3, -0.25) is 4.79 Å². The molecule has 2 N–H and O–H groups in total. The van der Waals surface area contributed by atoms with Gasteiger partial charge in [-0.25, -0.2) is 0 Å². The summed E-state index contributed by atoms with van der Waals surface area (Å²) in [4.78, 5) is 17.9. The third-order valence-corrected chi connectivity index (χ3v) is 5.79. The van der Waals surface area contributed by atoms with Crippen LogP contribution < -0.4 is 24.2 Å². The monoisotopic (exact) mass is 413 g/mol. The van der Waals surface area contributed by atoms with E-state index < -0.39 is 0 Å². The first-order chi connectivity index (χ1) is 14.5. The third kappa shape index (κ3) is 5.52. The molecule has 6 heteroatoms. The first kappa shape index (κ1) is 22.1. The fraction of sp³-hybridized carbons (Fsp3) is 0.458. The fourth-order valence-corrected chi connectivity index (χ4v) is 4.21. The molecule has 1 heterocycles. The van der Waals surface area contributed by atoms with Gasteiger partial charge in [0.05, 0.1) is 14.2 Å². The molecular weight excluding hydrogens is 378 g/mol. The molecule has 2 aromatic rings. The van der Waals surface area contributed by atoms with Gasteiger partial charge in [0, 0.05) is 17.3 Å². The summed E-state index contributed by atoms with van der Waals surface area (Å²) in [5.74, 6) is 1.74. The standard InChI is InChI=1S/C24H33N3O3/c1-19(2)27(21-8-6-5-7-9-21)24(28)18-26-14-12-25(13-15-26)17-20-10-11-22(29-3)23(16-20)30-4/h5-11,16,19H,12-15,17-18H2,1-4H3/p+2. The number of amides is 1. The molecule has 0 aromatic heterocycles. The maximum absolute atomic E-state index is 13.0. The Morgan fingerprint density at radius 3 is 2.17 bits per heavy atom. The highest BCUT2D eigenvalue weighted by atomic mass is 16.5. The van der Waals surface area contributed by atoms with Crippen LogP contribution in [0.15, 0.2) is 48.5 Å². The lowest BCUT2D eigenvalue weighted by Gasteiger charge is -2.32. The van der Waals surface area contributed by atoms with Gasteiger partial charge in [0.25, 0.3) is 5.91 Å². The Labute approximate surface area is 180 Å². The number of quaternary nitrogens is 2.